The summed E-state index contributed by atoms with van der Waals surface area (Å²) in [4.78, 5) is 10.7. The van der Waals surface area contributed by atoms with E-state index in [1.165, 1.54) is 0 Å². The molecule has 3 N–H and O–H groups in total. The van der Waals surface area contributed by atoms with Crippen LogP contribution in [0.5, 0.6) is 5.75 Å². The first-order valence-corrected chi connectivity index (χ1v) is 6.63. The van der Waals surface area contributed by atoms with Gasteiger partial charge in [-0.15, -0.1) is 0 Å². The van der Waals surface area contributed by atoms with Crippen LogP contribution in [0.25, 0.3) is 0 Å². The Labute approximate surface area is 104 Å². The van der Waals surface area contributed by atoms with Gasteiger partial charge in [0, 0.05) is 23.1 Å². The van der Waals surface area contributed by atoms with E-state index in [9.17, 15) is 4.79 Å². The fraction of sp³-hybridized carbons (Fsp3) is 0.417. The lowest BCUT2D eigenvalue weighted by Gasteiger charge is -2.27. The Balaban J connectivity index is 2.11. The maximum atomic E-state index is 10.7. The van der Waals surface area contributed by atoms with Crippen molar-refractivity contribution in [2.45, 2.75) is 18.6 Å². The Morgan fingerprint density at radius 2 is 2.24 bits per heavy atom. The maximum Gasteiger partial charge on any atom is 0.305 e. The summed E-state index contributed by atoms with van der Waals surface area (Å²) in [5, 5.41) is 8.75. The summed E-state index contributed by atoms with van der Waals surface area (Å²) >= 11 is 1.84. The van der Waals surface area contributed by atoms with Crippen molar-refractivity contribution in [2.24, 2.45) is 5.73 Å². The van der Waals surface area contributed by atoms with E-state index < -0.39 is 12.0 Å². The topological polar surface area (TPSA) is 72.6 Å². The van der Waals surface area contributed by atoms with Gasteiger partial charge in [-0.05, 0) is 6.07 Å². The molecule has 1 heterocycles. The molecule has 1 aliphatic heterocycles. The van der Waals surface area contributed by atoms with E-state index in [0.717, 1.165) is 17.1 Å². The summed E-state index contributed by atoms with van der Waals surface area (Å²) in [6, 6.07) is 6.88. The number of hydrogen-bond acceptors (Lipinski definition) is 4. The standard InChI is InChI=1S/C12H15NO3S/c13-10(5-12(14)15)9-3-1-2-4-11(9)16-8-6-17-7-8/h1-4,8,10H,5-7,13H2,(H,14,15). The Morgan fingerprint density at radius 1 is 1.53 bits per heavy atom. The Bertz CT molecular complexity index is 406. The van der Waals surface area contributed by atoms with Gasteiger partial charge < -0.3 is 15.6 Å². The van der Waals surface area contributed by atoms with Gasteiger partial charge in [-0.3, -0.25) is 4.79 Å². The molecule has 1 aromatic rings. The number of para-hydroxylation sites is 1. The van der Waals surface area contributed by atoms with E-state index >= 15 is 0 Å². The molecule has 1 unspecified atom stereocenters. The molecule has 1 aromatic carbocycles. The van der Waals surface area contributed by atoms with Crippen LogP contribution in [-0.2, 0) is 4.79 Å². The van der Waals surface area contributed by atoms with Crippen LogP contribution in [0.3, 0.4) is 0 Å². The van der Waals surface area contributed by atoms with Crippen molar-refractivity contribution in [2.75, 3.05) is 11.5 Å². The second-order valence-corrected chi connectivity index (χ2v) is 5.09. The molecule has 1 saturated heterocycles. The van der Waals surface area contributed by atoms with Crippen LogP contribution >= 0.6 is 11.8 Å². The van der Waals surface area contributed by atoms with Gasteiger partial charge in [-0.1, -0.05) is 18.2 Å². The number of rotatable bonds is 5. The largest absolute Gasteiger partial charge is 0.488 e. The monoisotopic (exact) mass is 253 g/mol. The Morgan fingerprint density at radius 3 is 2.82 bits per heavy atom. The number of carboxylic acids is 1. The number of thioether (sulfide) groups is 1. The molecule has 0 spiro atoms. The first-order valence-electron chi connectivity index (χ1n) is 5.47. The van der Waals surface area contributed by atoms with E-state index in [4.69, 9.17) is 15.6 Å². The van der Waals surface area contributed by atoms with Crippen molar-refractivity contribution in [1.29, 1.82) is 0 Å². The molecule has 0 aliphatic carbocycles. The molecule has 0 aromatic heterocycles. The SMILES string of the molecule is NC(CC(=O)O)c1ccccc1OC1CSC1. The van der Waals surface area contributed by atoms with Gasteiger partial charge in [0.05, 0.1) is 6.42 Å². The molecule has 17 heavy (non-hydrogen) atoms. The quantitative estimate of drug-likeness (QED) is 0.835. The molecule has 0 saturated carbocycles. The lowest BCUT2D eigenvalue weighted by atomic mass is 10.0. The smallest absolute Gasteiger partial charge is 0.305 e. The lowest BCUT2D eigenvalue weighted by molar-refractivity contribution is -0.137. The summed E-state index contributed by atoms with van der Waals surface area (Å²) in [7, 11) is 0. The summed E-state index contributed by atoms with van der Waals surface area (Å²) < 4.78 is 5.79. The van der Waals surface area contributed by atoms with E-state index in [0.29, 0.717) is 5.75 Å². The minimum absolute atomic E-state index is 0.0835. The normalized spacial score (nSPS) is 17.2. The molecule has 4 nitrogen and oxygen atoms in total. The second-order valence-electron chi connectivity index (χ2n) is 4.02. The van der Waals surface area contributed by atoms with Crippen LogP contribution in [0.15, 0.2) is 24.3 Å². The van der Waals surface area contributed by atoms with Crippen LogP contribution in [-0.4, -0.2) is 28.7 Å². The third-order valence-electron chi connectivity index (χ3n) is 2.61. The third kappa shape index (κ3) is 3.14. The second kappa shape index (κ2) is 5.42. The van der Waals surface area contributed by atoms with E-state index in [-0.39, 0.29) is 12.5 Å². The molecule has 1 aliphatic rings. The van der Waals surface area contributed by atoms with Crippen molar-refractivity contribution in [3.63, 3.8) is 0 Å². The zero-order valence-corrected chi connectivity index (χ0v) is 10.2. The Hall–Kier alpha value is -1.20. The minimum Gasteiger partial charge on any atom is -0.488 e. The molecule has 1 fully saturated rings. The first-order chi connectivity index (χ1) is 8.16. The van der Waals surface area contributed by atoms with E-state index in [1.54, 1.807) is 0 Å². The lowest BCUT2D eigenvalue weighted by Crippen LogP contribution is -2.31. The number of hydrogen-bond donors (Lipinski definition) is 2. The zero-order valence-electron chi connectivity index (χ0n) is 9.33. The van der Waals surface area contributed by atoms with Gasteiger partial charge in [0.2, 0.25) is 0 Å². The molecule has 92 valence electrons. The average Bonchev–Trinajstić information content (AvgIpc) is 2.23. The number of carboxylic acid groups (broad SMARTS) is 1. The average molecular weight is 253 g/mol. The highest BCUT2D eigenvalue weighted by Gasteiger charge is 2.22. The number of ether oxygens (including phenoxy) is 1. The van der Waals surface area contributed by atoms with Gasteiger partial charge in [0.15, 0.2) is 0 Å². The predicted octanol–water partition coefficient (Wildman–Crippen LogP) is 1.66. The number of carbonyl (C=O) groups is 1. The van der Waals surface area contributed by atoms with Crippen molar-refractivity contribution in [1.82, 2.24) is 0 Å². The van der Waals surface area contributed by atoms with Crippen LogP contribution in [0, 0.1) is 0 Å². The summed E-state index contributed by atoms with van der Waals surface area (Å²) in [5.74, 6) is 1.79. The summed E-state index contributed by atoms with van der Waals surface area (Å²) in [6.07, 6.45) is 0.151. The molecule has 0 amide bonds. The highest BCUT2D eigenvalue weighted by Crippen LogP contribution is 2.30. The number of nitrogens with two attached hydrogens (primary N) is 1. The number of aliphatic carboxylic acids is 1. The van der Waals surface area contributed by atoms with Gasteiger partial charge in [-0.25, -0.2) is 0 Å². The molecule has 0 radical (unpaired) electrons. The first kappa shape index (κ1) is 12.3. The fourth-order valence-electron chi connectivity index (χ4n) is 1.65. The Kier molecular flexibility index (Phi) is 3.91. The maximum absolute atomic E-state index is 10.7. The van der Waals surface area contributed by atoms with Crippen LogP contribution in [0.2, 0.25) is 0 Å². The van der Waals surface area contributed by atoms with Crippen molar-refractivity contribution in [3.8, 4) is 5.75 Å². The van der Waals surface area contributed by atoms with Crippen molar-refractivity contribution in [3.05, 3.63) is 29.8 Å². The molecular weight excluding hydrogens is 238 g/mol. The third-order valence-corrected chi connectivity index (χ3v) is 3.83. The van der Waals surface area contributed by atoms with Gasteiger partial charge in [-0.2, -0.15) is 11.8 Å². The summed E-state index contributed by atoms with van der Waals surface area (Å²) in [6.45, 7) is 0. The van der Waals surface area contributed by atoms with Crippen molar-refractivity contribution >= 4 is 17.7 Å². The predicted molar refractivity (Wildman–Crippen MR) is 67.4 cm³/mol. The molecule has 2 rings (SSSR count). The highest BCUT2D eigenvalue weighted by atomic mass is 32.2. The van der Waals surface area contributed by atoms with E-state index in [1.807, 2.05) is 36.0 Å². The van der Waals surface area contributed by atoms with Gasteiger partial charge in [0.1, 0.15) is 11.9 Å². The van der Waals surface area contributed by atoms with Gasteiger partial charge in [0.25, 0.3) is 0 Å². The van der Waals surface area contributed by atoms with Gasteiger partial charge >= 0.3 is 5.97 Å². The minimum atomic E-state index is -0.897. The van der Waals surface area contributed by atoms with Crippen molar-refractivity contribution < 1.29 is 14.6 Å². The number of benzene rings is 1. The highest BCUT2D eigenvalue weighted by molar-refractivity contribution is 8.00. The molecule has 0 bridgehead atoms. The van der Waals surface area contributed by atoms with E-state index in [2.05, 4.69) is 0 Å². The molecular formula is C12H15NO3S. The zero-order chi connectivity index (χ0) is 12.3. The molecule has 5 heteroatoms. The molecule has 1 atom stereocenters. The van der Waals surface area contributed by atoms with Crippen LogP contribution < -0.4 is 10.5 Å². The van der Waals surface area contributed by atoms with Crippen LogP contribution in [0.4, 0.5) is 0 Å². The fourth-order valence-corrected chi connectivity index (χ4v) is 2.22. The summed E-state index contributed by atoms with van der Waals surface area (Å²) in [5.41, 5.74) is 6.64. The van der Waals surface area contributed by atoms with Crippen LogP contribution in [0.1, 0.15) is 18.0 Å².